The smallest absolute Gasteiger partial charge is 0.254 e. The van der Waals surface area contributed by atoms with Gasteiger partial charge in [-0.1, -0.05) is 36.4 Å². The number of benzene rings is 2. The van der Waals surface area contributed by atoms with Gasteiger partial charge in [0.05, 0.1) is 0 Å². The van der Waals surface area contributed by atoms with Crippen molar-refractivity contribution >= 4 is 5.91 Å². The SMILES string of the molecule is NC[C@@H]1[C@@H]2C[C@@H]2CN1C(=O)c1cccc2c1-c1ccccc1C2. The third-order valence-electron chi connectivity index (χ3n) is 5.85. The quantitative estimate of drug-likeness (QED) is 0.791. The molecule has 0 spiro atoms. The second-order valence-electron chi connectivity index (χ2n) is 7.09. The fourth-order valence-electron chi connectivity index (χ4n) is 4.63. The third kappa shape index (κ3) is 1.83. The summed E-state index contributed by atoms with van der Waals surface area (Å²) in [7, 11) is 0. The minimum Gasteiger partial charge on any atom is -0.334 e. The first-order valence-electron chi connectivity index (χ1n) is 8.49. The van der Waals surface area contributed by atoms with E-state index in [9.17, 15) is 4.79 Å². The van der Waals surface area contributed by atoms with E-state index < -0.39 is 0 Å². The van der Waals surface area contributed by atoms with Crippen LogP contribution in [0.5, 0.6) is 0 Å². The van der Waals surface area contributed by atoms with E-state index in [0.29, 0.717) is 18.4 Å². The molecule has 1 heterocycles. The highest BCUT2D eigenvalue weighted by Crippen LogP contribution is 2.50. The molecule has 2 aromatic carbocycles. The van der Waals surface area contributed by atoms with Crippen molar-refractivity contribution in [1.29, 1.82) is 0 Å². The van der Waals surface area contributed by atoms with E-state index in [4.69, 9.17) is 5.73 Å². The van der Waals surface area contributed by atoms with Crippen LogP contribution in [0.25, 0.3) is 11.1 Å². The van der Waals surface area contributed by atoms with Crippen LogP contribution in [0.4, 0.5) is 0 Å². The maximum atomic E-state index is 13.2. The van der Waals surface area contributed by atoms with Crippen LogP contribution >= 0.6 is 0 Å². The Morgan fingerprint density at radius 1 is 1.13 bits per heavy atom. The molecule has 2 aliphatic carbocycles. The molecule has 116 valence electrons. The first-order chi connectivity index (χ1) is 11.3. The van der Waals surface area contributed by atoms with Gasteiger partial charge >= 0.3 is 0 Å². The van der Waals surface area contributed by atoms with Gasteiger partial charge in [-0.3, -0.25) is 4.79 Å². The van der Waals surface area contributed by atoms with Crippen LogP contribution in [0.3, 0.4) is 0 Å². The van der Waals surface area contributed by atoms with Crippen LogP contribution in [-0.2, 0) is 6.42 Å². The molecule has 1 aliphatic heterocycles. The second-order valence-corrected chi connectivity index (χ2v) is 7.09. The highest BCUT2D eigenvalue weighted by atomic mass is 16.2. The van der Waals surface area contributed by atoms with Crippen LogP contribution in [-0.4, -0.2) is 29.9 Å². The first-order valence-corrected chi connectivity index (χ1v) is 8.49. The van der Waals surface area contributed by atoms with Crippen molar-refractivity contribution in [3.8, 4) is 11.1 Å². The molecular weight excluding hydrogens is 284 g/mol. The summed E-state index contributed by atoms with van der Waals surface area (Å²) >= 11 is 0. The molecule has 5 rings (SSSR count). The van der Waals surface area contributed by atoms with Crippen molar-refractivity contribution in [2.24, 2.45) is 17.6 Å². The van der Waals surface area contributed by atoms with Gasteiger partial charge in [0.2, 0.25) is 0 Å². The number of hydrogen-bond acceptors (Lipinski definition) is 2. The van der Waals surface area contributed by atoms with Gasteiger partial charge in [0, 0.05) is 24.7 Å². The Morgan fingerprint density at radius 3 is 2.83 bits per heavy atom. The number of carbonyl (C=O) groups excluding carboxylic acids is 1. The van der Waals surface area contributed by atoms with Crippen molar-refractivity contribution in [3.05, 3.63) is 59.2 Å². The van der Waals surface area contributed by atoms with Gasteiger partial charge in [0.1, 0.15) is 0 Å². The van der Waals surface area contributed by atoms with Crippen molar-refractivity contribution < 1.29 is 4.79 Å². The van der Waals surface area contributed by atoms with Gasteiger partial charge in [-0.05, 0) is 53.0 Å². The third-order valence-corrected chi connectivity index (χ3v) is 5.85. The van der Waals surface area contributed by atoms with Gasteiger partial charge in [-0.25, -0.2) is 0 Å². The minimum absolute atomic E-state index is 0.168. The predicted octanol–water partition coefficient (Wildman–Crippen LogP) is 2.68. The summed E-state index contributed by atoms with van der Waals surface area (Å²) in [6, 6.07) is 14.8. The Kier molecular flexibility index (Phi) is 2.71. The zero-order chi connectivity index (χ0) is 15.6. The molecule has 3 nitrogen and oxygen atoms in total. The molecule has 3 heteroatoms. The monoisotopic (exact) mass is 304 g/mol. The Bertz CT molecular complexity index is 813. The predicted molar refractivity (Wildman–Crippen MR) is 90.2 cm³/mol. The van der Waals surface area contributed by atoms with Crippen LogP contribution in [0, 0.1) is 11.8 Å². The zero-order valence-electron chi connectivity index (χ0n) is 13.0. The van der Waals surface area contributed by atoms with Crippen LogP contribution in [0.2, 0.25) is 0 Å². The number of likely N-dealkylation sites (tertiary alicyclic amines) is 1. The Morgan fingerprint density at radius 2 is 1.96 bits per heavy atom. The normalized spacial score (nSPS) is 26.7. The number of amides is 1. The number of fused-ring (bicyclic) bond motifs is 4. The molecule has 1 amide bonds. The second kappa shape index (κ2) is 4.68. The van der Waals surface area contributed by atoms with E-state index in [1.165, 1.54) is 23.1 Å². The molecule has 0 bridgehead atoms. The van der Waals surface area contributed by atoms with Gasteiger partial charge < -0.3 is 10.6 Å². The number of carbonyl (C=O) groups is 1. The van der Waals surface area contributed by atoms with E-state index in [1.54, 1.807) is 0 Å². The summed E-state index contributed by atoms with van der Waals surface area (Å²) < 4.78 is 0. The Balaban J connectivity index is 1.58. The maximum Gasteiger partial charge on any atom is 0.254 e. The summed E-state index contributed by atoms with van der Waals surface area (Å²) in [6.45, 7) is 1.47. The molecule has 3 atom stereocenters. The molecule has 0 unspecified atom stereocenters. The van der Waals surface area contributed by atoms with Crippen LogP contribution in [0.1, 0.15) is 27.9 Å². The summed E-state index contributed by atoms with van der Waals surface area (Å²) in [6.07, 6.45) is 2.18. The largest absolute Gasteiger partial charge is 0.334 e. The molecule has 1 saturated heterocycles. The Labute approximate surface area is 136 Å². The molecule has 2 aromatic rings. The highest BCUT2D eigenvalue weighted by molar-refractivity contribution is 6.03. The lowest BCUT2D eigenvalue weighted by Crippen LogP contribution is -2.43. The molecule has 1 saturated carbocycles. The maximum absolute atomic E-state index is 13.2. The van der Waals surface area contributed by atoms with E-state index in [-0.39, 0.29) is 11.9 Å². The number of rotatable bonds is 2. The van der Waals surface area contributed by atoms with Crippen molar-refractivity contribution in [3.63, 3.8) is 0 Å². The lowest BCUT2D eigenvalue weighted by atomic mass is 9.98. The first kappa shape index (κ1) is 13.3. The van der Waals surface area contributed by atoms with E-state index >= 15 is 0 Å². The lowest BCUT2D eigenvalue weighted by molar-refractivity contribution is 0.0713. The van der Waals surface area contributed by atoms with Crippen molar-refractivity contribution in [1.82, 2.24) is 4.90 Å². The van der Waals surface area contributed by atoms with Gasteiger partial charge in [0.25, 0.3) is 5.91 Å². The summed E-state index contributed by atoms with van der Waals surface area (Å²) in [4.78, 5) is 15.3. The zero-order valence-corrected chi connectivity index (χ0v) is 13.0. The molecule has 2 N–H and O–H groups in total. The number of nitrogens with two attached hydrogens (primary N) is 1. The van der Waals surface area contributed by atoms with Gasteiger partial charge in [-0.2, -0.15) is 0 Å². The summed E-state index contributed by atoms with van der Waals surface area (Å²) in [5, 5.41) is 0. The number of piperidine rings is 1. The van der Waals surface area contributed by atoms with Crippen molar-refractivity contribution in [2.45, 2.75) is 18.9 Å². The number of nitrogens with zero attached hydrogens (tertiary/aromatic N) is 1. The molecular formula is C20H20N2O. The fourth-order valence-corrected chi connectivity index (χ4v) is 4.63. The van der Waals surface area contributed by atoms with Gasteiger partial charge in [-0.15, -0.1) is 0 Å². The summed E-state index contributed by atoms with van der Waals surface area (Å²) in [5.74, 6) is 1.51. The molecule has 23 heavy (non-hydrogen) atoms. The average molecular weight is 304 g/mol. The highest BCUT2D eigenvalue weighted by Gasteiger charge is 2.53. The van der Waals surface area contributed by atoms with Crippen LogP contribution in [0.15, 0.2) is 42.5 Å². The average Bonchev–Trinajstić information content (AvgIpc) is 3.10. The topological polar surface area (TPSA) is 46.3 Å². The van der Waals surface area contributed by atoms with Gasteiger partial charge in [0.15, 0.2) is 0 Å². The van der Waals surface area contributed by atoms with Crippen molar-refractivity contribution in [2.75, 3.05) is 13.1 Å². The molecule has 2 fully saturated rings. The number of hydrogen-bond donors (Lipinski definition) is 1. The lowest BCUT2D eigenvalue weighted by Gasteiger charge is -2.27. The van der Waals surface area contributed by atoms with E-state index in [1.807, 2.05) is 17.0 Å². The minimum atomic E-state index is 0.168. The van der Waals surface area contributed by atoms with Crippen LogP contribution < -0.4 is 5.73 Å². The fraction of sp³-hybridized carbons (Fsp3) is 0.350. The van der Waals surface area contributed by atoms with E-state index in [0.717, 1.165) is 24.1 Å². The van der Waals surface area contributed by atoms with E-state index in [2.05, 4.69) is 30.3 Å². The molecule has 3 aliphatic rings. The summed E-state index contributed by atoms with van der Waals surface area (Å²) in [5.41, 5.74) is 11.8. The Hall–Kier alpha value is -2.13. The standard InChI is InChI=1S/C20H20N2O/c21-10-18-17-9-14(17)11-22(18)20(23)16-7-3-5-13-8-12-4-1-2-6-15(12)19(13)16/h1-7,14,17-18H,8-11,21H2/t14-,17-,18-/m1/s1. The molecule has 0 radical (unpaired) electrons. The molecule has 0 aromatic heterocycles.